The Morgan fingerprint density at radius 2 is 1.78 bits per heavy atom. The SMILES string of the molecule is C=CNC1CCCC1C(CNCC)(c1ccccc1)C(CC)CCCCC1CN(c2ccc(C)cc2)C1. The first-order valence-electron chi connectivity index (χ1n) is 15.1. The minimum absolute atomic E-state index is 0.155. The first-order valence-corrected chi connectivity index (χ1v) is 15.1. The van der Waals surface area contributed by atoms with Gasteiger partial charge in [0.2, 0.25) is 0 Å². The molecule has 37 heavy (non-hydrogen) atoms. The molecule has 202 valence electrons. The second-order valence-corrected chi connectivity index (χ2v) is 11.7. The van der Waals surface area contributed by atoms with E-state index in [1.54, 1.807) is 5.56 Å². The predicted molar refractivity (Wildman–Crippen MR) is 160 cm³/mol. The fourth-order valence-corrected chi connectivity index (χ4v) is 7.51. The summed E-state index contributed by atoms with van der Waals surface area (Å²) in [4.78, 5) is 2.54. The predicted octanol–water partition coefficient (Wildman–Crippen LogP) is 7.47. The lowest BCUT2D eigenvalue weighted by molar-refractivity contribution is 0.129. The third-order valence-electron chi connectivity index (χ3n) is 9.48. The summed E-state index contributed by atoms with van der Waals surface area (Å²) < 4.78 is 0. The smallest absolute Gasteiger partial charge is 0.0366 e. The molecule has 0 bridgehead atoms. The van der Waals surface area contributed by atoms with Crippen molar-refractivity contribution in [1.29, 1.82) is 0 Å². The van der Waals surface area contributed by atoms with Crippen LogP contribution in [0.2, 0.25) is 0 Å². The third-order valence-corrected chi connectivity index (χ3v) is 9.48. The van der Waals surface area contributed by atoms with E-state index in [9.17, 15) is 0 Å². The molecule has 2 N–H and O–H groups in total. The van der Waals surface area contributed by atoms with Crippen molar-refractivity contribution in [3.8, 4) is 0 Å². The van der Waals surface area contributed by atoms with Crippen LogP contribution in [0.1, 0.15) is 76.3 Å². The van der Waals surface area contributed by atoms with Gasteiger partial charge in [0.05, 0.1) is 0 Å². The second-order valence-electron chi connectivity index (χ2n) is 11.7. The highest BCUT2D eigenvalue weighted by Crippen LogP contribution is 2.49. The molecule has 2 fully saturated rings. The van der Waals surface area contributed by atoms with Gasteiger partial charge in [-0.25, -0.2) is 0 Å². The molecule has 1 heterocycles. The van der Waals surface area contributed by atoms with Gasteiger partial charge in [-0.3, -0.25) is 0 Å². The number of likely N-dealkylation sites (N-methyl/N-ethyl adjacent to an activating group) is 1. The topological polar surface area (TPSA) is 27.3 Å². The average molecular weight is 502 g/mol. The van der Waals surface area contributed by atoms with Crippen molar-refractivity contribution in [1.82, 2.24) is 10.6 Å². The minimum atomic E-state index is 0.155. The molecule has 3 nitrogen and oxygen atoms in total. The molecular weight excluding hydrogens is 450 g/mol. The lowest BCUT2D eigenvalue weighted by Gasteiger charge is -2.48. The third kappa shape index (κ3) is 6.42. The lowest BCUT2D eigenvalue weighted by atomic mass is 9.58. The Hall–Kier alpha value is -2.26. The van der Waals surface area contributed by atoms with Crippen LogP contribution in [0.3, 0.4) is 0 Å². The molecule has 4 rings (SSSR count). The van der Waals surface area contributed by atoms with E-state index in [4.69, 9.17) is 0 Å². The van der Waals surface area contributed by atoms with Crippen LogP contribution >= 0.6 is 0 Å². The number of hydrogen-bond acceptors (Lipinski definition) is 3. The van der Waals surface area contributed by atoms with Gasteiger partial charge in [-0.2, -0.15) is 0 Å². The van der Waals surface area contributed by atoms with Gasteiger partial charge in [-0.1, -0.05) is 94.1 Å². The highest BCUT2D eigenvalue weighted by atomic mass is 15.2. The number of hydrogen-bond donors (Lipinski definition) is 2. The Kier molecular flexibility index (Phi) is 10.1. The molecule has 1 aliphatic carbocycles. The molecule has 0 aromatic heterocycles. The molecule has 0 radical (unpaired) electrons. The van der Waals surface area contributed by atoms with E-state index in [0.717, 1.165) is 19.0 Å². The Labute approximate surface area is 227 Å². The Bertz CT molecular complexity index is 933. The summed E-state index contributed by atoms with van der Waals surface area (Å²) in [5.74, 6) is 2.17. The van der Waals surface area contributed by atoms with Crippen LogP contribution in [0, 0.1) is 24.7 Å². The first kappa shape index (κ1) is 27.8. The van der Waals surface area contributed by atoms with Crippen LogP contribution in [0.5, 0.6) is 0 Å². The van der Waals surface area contributed by atoms with Crippen molar-refractivity contribution in [3.05, 3.63) is 78.5 Å². The molecule has 0 amide bonds. The van der Waals surface area contributed by atoms with E-state index < -0.39 is 0 Å². The number of anilines is 1. The van der Waals surface area contributed by atoms with Crippen molar-refractivity contribution in [2.24, 2.45) is 17.8 Å². The standard InChI is InChI=1S/C34H51N3/c1-5-29(15-12-11-14-28-24-37(25-28)31-22-20-27(4)21-23-31)34(26-35-6-2,30-16-9-8-10-17-30)32-18-13-19-33(32)36-7-3/h7-10,16-17,20-23,28-29,32-33,35-36H,3,5-6,11-15,18-19,24-26H2,1-2,4H3. The van der Waals surface area contributed by atoms with Gasteiger partial charge in [0.1, 0.15) is 0 Å². The summed E-state index contributed by atoms with van der Waals surface area (Å²) in [5.41, 5.74) is 4.43. The number of rotatable bonds is 15. The highest BCUT2D eigenvalue weighted by molar-refractivity contribution is 5.49. The number of unbranched alkanes of at least 4 members (excludes halogenated alkanes) is 1. The van der Waals surface area contributed by atoms with Crippen LogP contribution < -0.4 is 15.5 Å². The van der Waals surface area contributed by atoms with E-state index in [2.05, 4.69) is 97.5 Å². The summed E-state index contributed by atoms with van der Waals surface area (Å²) in [6.07, 6.45) is 12.4. The van der Waals surface area contributed by atoms with Crippen molar-refractivity contribution >= 4 is 5.69 Å². The van der Waals surface area contributed by atoms with Crippen LogP contribution in [0.25, 0.3) is 0 Å². The van der Waals surface area contributed by atoms with E-state index in [1.165, 1.54) is 75.7 Å². The summed E-state index contributed by atoms with van der Waals surface area (Å²) in [5, 5.41) is 7.51. The maximum Gasteiger partial charge on any atom is 0.0366 e. The zero-order valence-electron chi connectivity index (χ0n) is 23.7. The second kappa shape index (κ2) is 13.5. The molecule has 2 aromatic rings. The van der Waals surface area contributed by atoms with Crippen LogP contribution in [0.4, 0.5) is 5.69 Å². The maximum atomic E-state index is 4.03. The Balaban J connectivity index is 1.42. The fourth-order valence-electron chi connectivity index (χ4n) is 7.51. The largest absolute Gasteiger partial charge is 0.388 e. The molecule has 1 aliphatic heterocycles. The molecule has 4 unspecified atom stereocenters. The molecule has 1 saturated carbocycles. The molecule has 2 aromatic carbocycles. The van der Waals surface area contributed by atoms with Gasteiger partial charge in [0.15, 0.2) is 0 Å². The maximum absolute atomic E-state index is 4.03. The zero-order chi connectivity index (χ0) is 26.1. The van der Waals surface area contributed by atoms with Gasteiger partial charge >= 0.3 is 0 Å². The van der Waals surface area contributed by atoms with Crippen molar-refractivity contribution < 1.29 is 0 Å². The molecule has 1 saturated heterocycles. The van der Waals surface area contributed by atoms with Gasteiger partial charge in [0, 0.05) is 36.8 Å². The fraction of sp³-hybridized carbons (Fsp3) is 0.588. The van der Waals surface area contributed by atoms with E-state index in [-0.39, 0.29) is 5.41 Å². The summed E-state index contributed by atoms with van der Waals surface area (Å²) >= 11 is 0. The van der Waals surface area contributed by atoms with E-state index in [0.29, 0.717) is 17.9 Å². The summed E-state index contributed by atoms with van der Waals surface area (Å²) in [7, 11) is 0. The normalized spacial score (nSPS) is 22.3. The molecule has 2 aliphatic rings. The quantitative estimate of drug-likeness (QED) is 0.248. The number of aryl methyl sites for hydroxylation is 1. The van der Waals surface area contributed by atoms with E-state index >= 15 is 0 Å². The van der Waals surface area contributed by atoms with Crippen LogP contribution in [0.15, 0.2) is 67.4 Å². The number of nitrogens with zero attached hydrogens (tertiary/aromatic N) is 1. The van der Waals surface area contributed by atoms with Gasteiger partial charge < -0.3 is 15.5 Å². The van der Waals surface area contributed by atoms with Crippen molar-refractivity contribution in [3.63, 3.8) is 0 Å². The molecule has 3 heteroatoms. The van der Waals surface area contributed by atoms with Crippen LogP contribution in [-0.2, 0) is 5.41 Å². The summed E-state index contributed by atoms with van der Waals surface area (Å²) in [6, 6.07) is 21.1. The zero-order valence-corrected chi connectivity index (χ0v) is 23.7. The first-order chi connectivity index (χ1) is 18.1. The summed E-state index contributed by atoms with van der Waals surface area (Å²) in [6.45, 7) is 15.4. The minimum Gasteiger partial charge on any atom is -0.388 e. The Morgan fingerprint density at radius 3 is 2.46 bits per heavy atom. The van der Waals surface area contributed by atoms with Gasteiger partial charge in [0.25, 0.3) is 0 Å². The van der Waals surface area contributed by atoms with Crippen molar-refractivity contribution in [2.75, 3.05) is 31.1 Å². The average Bonchev–Trinajstić information content (AvgIpc) is 3.36. The lowest BCUT2D eigenvalue weighted by Crippen LogP contribution is -2.54. The van der Waals surface area contributed by atoms with Crippen molar-refractivity contribution in [2.45, 2.75) is 83.6 Å². The van der Waals surface area contributed by atoms with Crippen LogP contribution in [-0.4, -0.2) is 32.2 Å². The number of benzene rings is 2. The molecular formula is C34H51N3. The number of nitrogens with one attached hydrogen (secondary N) is 2. The van der Waals surface area contributed by atoms with E-state index in [1.807, 2.05) is 6.20 Å². The Morgan fingerprint density at radius 1 is 1.03 bits per heavy atom. The monoisotopic (exact) mass is 501 g/mol. The molecule has 0 spiro atoms. The molecule has 4 atom stereocenters. The van der Waals surface area contributed by atoms with Gasteiger partial charge in [-0.05, 0) is 80.8 Å². The highest BCUT2D eigenvalue weighted by Gasteiger charge is 2.49. The van der Waals surface area contributed by atoms with Gasteiger partial charge in [-0.15, -0.1) is 0 Å².